The molecule has 1 aromatic heterocycles. The Labute approximate surface area is 84.0 Å². The normalized spacial score (nSPS) is 9.92. The van der Waals surface area contributed by atoms with Crippen molar-refractivity contribution in [1.82, 2.24) is 9.78 Å². The van der Waals surface area contributed by atoms with Crippen LogP contribution >= 0.6 is 22.6 Å². The molecule has 0 N–H and O–H groups in total. The predicted octanol–water partition coefficient (Wildman–Crippen LogP) is 1.29. The van der Waals surface area contributed by atoms with Gasteiger partial charge in [0.15, 0.2) is 0 Å². The monoisotopic (exact) mass is 280 g/mol. The Morgan fingerprint density at radius 2 is 2.50 bits per heavy atom. The minimum atomic E-state index is -0.334. The molecule has 0 bridgehead atoms. The second-order valence-corrected chi connectivity index (χ2v) is 3.20. The van der Waals surface area contributed by atoms with Crippen LogP contribution in [0.5, 0.6) is 0 Å². The van der Waals surface area contributed by atoms with Crippen LogP contribution in [0.2, 0.25) is 0 Å². The first kappa shape index (κ1) is 9.50. The Kier molecular flexibility index (Phi) is 3.07. The molecule has 66 valence electrons. The molecular weight excluding hydrogens is 271 g/mol. The molecule has 0 aromatic carbocycles. The topological polar surface area (TPSA) is 44.1 Å². The van der Waals surface area contributed by atoms with Crippen LogP contribution in [0.3, 0.4) is 0 Å². The lowest BCUT2D eigenvalue weighted by atomic mass is 10.4. The molecule has 5 heteroatoms. The molecule has 0 saturated carbocycles. The van der Waals surface area contributed by atoms with E-state index in [0.717, 1.165) is 6.54 Å². The maximum atomic E-state index is 11.1. The molecule has 0 fully saturated rings. The van der Waals surface area contributed by atoms with Crippen LogP contribution < -0.4 is 0 Å². The number of aryl methyl sites for hydroxylation is 1. The summed E-state index contributed by atoms with van der Waals surface area (Å²) in [5.74, 6) is -0.334. The first-order chi connectivity index (χ1) is 5.69. The van der Waals surface area contributed by atoms with E-state index in [9.17, 15) is 4.79 Å². The van der Waals surface area contributed by atoms with Crippen LogP contribution in [-0.4, -0.2) is 22.9 Å². The van der Waals surface area contributed by atoms with Gasteiger partial charge in [0.05, 0.1) is 7.11 Å². The molecule has 0 saturated heterocycles. The molecule has 0 aliphatic carbocycles. The Morgan fingerprint density at radius 3 is 2.92 bits per heavy atom. The molecular formula is C7H9IN2O2. The lowest BCUT2D eigenvalue weighted by molar-refractivity contribution is 0.0599. The summed E-state index contributed by atoms with van der Waals surface area (Å²) in [6.45, 7) is 2.72. The fourth-order valence-corrected chi connectivity index (χ4v) is 1.44. The summed E-state index contributed by atoms with van der Waals surface area (Å²) in [4.78, 5) is 11.1. The van der Waals surface area contributed by atoms with Gasteiger partial charge in [-0.1, -0.05) is 0 Å². The maximum Gasteiger partial charge on any atom is 0.342 e. The number of carbonyl (C=O) groups is 1. The van der Waals surface area contributed by atoms with Crippen molar-refractivity contribution < 1.29 is 9.53 Å². The highest BCUT2D eigenvalue weighted by Crippen LogP contribution is 2.10. The van der Waals surface area contributed by atoms with Crippen molar-refractivity contribution in [3.05, 3.63) is 15.5 Å². The fraction of sp³-hybridized carbons (Fsp3) is 0.429. The first-order valence-corrected chi connectivity index (χ1v) is 4.58. The summed E-state index contributed by atoms with van der Waals surface area (Å²) in [5.41, 5.74) is 0.528. The SMILES string of the molecule is CCn1cc(C(=O)OC)c(I)n1. The van der Waals surface area contributed by atoms with Crippen molar-refractivity contribution in [2.75, 3.05) is 7.11 Å². The lowest BCUT2D eigenvalue weighted by Crippen LogP contribution is -2.01. The highest BCUT2D eigenvalue weighted by Gasteiger charge is 2.13. The number of carbonyl (C=O) groups excluding carboxylic acids is 1. The van der Waals surface area contributed by atoms with Gasteiger partial charge in [-0.15, -0.1) is 0 Å². The number of nitrogens with zero attached hydrogens (tertiary/aromatic N) is 2. The second kappa shape index (κ2) is 3.88. The minimum Gasteiger partial charge on any atom is -0.465 e. The number of esters is 1. The van der Waals surface area contributed by atoms with E-state index >= 15 is 0 Å². The zero-order valence-electron chi connectivity index (χ0n) is 6.87. The van der Waals surface area contributed by atoms with Gasteiger partial charge in [0.25, 0.3) is 0 Å². The third-order valence-corrected chi connectivity index (χ3v) is 2.24. The Hall–Kier alpha value is -0.590. The van der Waals surface area contributed by atoms with Gasteiger partial charge in [0.2, 0.25) is 0 Å². The van der Waals surface area contributed by atoms with Gasteiger partial charge < -0.3 is 4.74 Å². The summed E-state index contributed by atoms with van der Waals surface area (Å²) < 4.78 is 6.96. The number of methoxy groups -OCH3 is 1. The third-order valence-electron chi connectivity index (χ3n) is 1.45. The molecule has 4 nitrogen and oxygen atoms in total. The van der Waals surface area contributed by atoms with Gasteiger partial charge in [0, 0.05) is 12.7 Å². The molecule has 0 spiro atoms. The number of hydrogen-bond acceptors (Lipinski definition) is 3. The molecule has 0 radical (unpaired) electrons. The zero-order valence-corrected chi connectivity index (χ0v) is 9.03. The summed E-state index contributed by atoms with van der Waals surface area (Å²) in [6.07, 6.45) is 1.69. The van der Waals surface area contributed by atoms with E-state index < -0.39 is 0 Å². The number of hydrogen-bond donors (Lipinski definition) is 0. The zero-order chi connectivity index (χ0) is 9.14. The minimum absolute atomic E-state index is 0.334. The smallest absolute Gasteiger partial charge is 0.342 e. The number of rotatable bonds is 2. The van der Waals surface area contributed by atoms with Crippen molar-refractivity contribution >= 4 is 28.6 Å². The number of ether oxygens (including phenoxy) is 1. The standard InChI is InChI=1S/C7H9IN2O2/c1-3-10-4-5(6(8)9-10)7(11)12-2/h4H,3H2,1-2H3. The van der Waals surface area contributed by atoms with Gasteiger partial charge in [-0.3, -0.25) is 4.68 Å². The van der Waals surface area contributed by atoms with Crippen LogP contribution in [0.25, 0.3) is 0 Å². The molecule has 1 rings (SSSR count). The van der Waals surface area contributed by atoms with Gasteiger partial charge in [-0.05, 0) is 29.5 Å². The van der Waals surface area contributed by atoms with Gasteiger partial charge in [0.1, 0.15) is 9.26 Å². The van der Waals surface area contributed by atoms with Crippen molar-refractivity contribution in [3.63, 3.8) is 0 Å². The van der Waals surface area contributed by atoms with Gasteiger partial charge >= 0.3 is 5.97 Å². The van der Waals surface area contributed by atoms with Crippen LogP contribution in [0, 0.1) is 3.70 Å². The summed E-state index contributed by atoms with van der Waals surface area (Å²) >= 11 is 2.01. The Bertz CT molecular complexity index is 296. The fourth-order valence-electron chi connectivity index (χ4n) is 0.807. The molecule has 1 heterocycles. The van der Waals surface area contributed by atoms with E-state index in [0.29, 0.717) is 9.26 Å². The van der Waals surface area contributed by atoms with Crippen LogP contribution in [0.4, 0.5) is 0 Å². The summed E-state index contributed by atoms with van der Waals surface area (Å²) in [7, 11) is 1.36. The first-order valence-electron chi connectivity index (χ1n) is 3.50. The maximum absolute atomic E-state index is 11.1. The van der Waals surface area contributed by atoms with Crippen molar-refractivity contribution in [2.24, 2.45) is 0 Å². The Balaban J connectivity index is 2.99. The molecule has 0 amide bonds. The molecule has 0 atom stereocenters. The largest absolute Gasteiger partial charge is 0.465 e. The summed E-state index contributed by atoms with van der Waals surface area (Å²) in [5, 5.41) is 4.10. The Morgan fingerprint density at radius 1 is 1.83 bits per heavy atom. The van der Waals surface area contributed by atoms with E-state index in [1.54, 1.807) is 10.9 Å². The van der Waals surface area contributed by atoms with Gasteiger partial charge in [-0.2, -0.15) is 5.10 Å². The van der Waals surface area contributed by atoms with E-state index in [1.165, 1.54) is 7.11 Å². The average Bonchev–Trinajstić information content (AvgIpc) is 2.45. The second-order valence-electron chi connectivity index (χ2n) is 2.18. The van der Waals surface area contributed by atoms with E-state index in [4.69, 9.17) is 0 Å². The van der Waals surface area contributed by atoms with Crippen molar-refractivity contribution in [3.8, 4) is 0 Å². The lowest BCUT2D eigenvalue weighted by Gasteiger charge is -1.92. The number of halogens is 1. The highest BCUT2D eigenvalue weighted by atomic mass is 127. The van der Waals surface area contributed by atoms with E-state index in [-0.39, 0.29) is 5.97 Å². The molecule has 0 aliphatic heterocycles. The van der Waals surface area contributed by atoms with Crippen LogP contribution in [-0.2, 0) is 11.3 Å². The molecule has 0 aliphatic rings. The van der Waals surface area contributed by atoms with Crippen LogP contribution in [0.1, 0.15) is 17.3 Å². The van der Waals surface area contributed by atoms with Gasteiger partial charge in [-0.25, -0.2) is 4.79 Å². The van der Waals surface area contributed by atoms with Crippen LogP contribution in [0.15, 0.2) is 6.20 Å². The highest BCUT2D eigenvalue weighted by molar-refractivity contribution is 14.1. The number of aromatic nitrogens is 2. The molecule has 1 aromatic rings. The van der Waals surface area contributed by atoms with E-state index in [1.807, 2.05) is 29.5 Å². The van der Waals surface area contributed by atoms with E-state index in [2.05, 4.69) is 9.84 Å². The average molecular weight is 280 g/mol. The van der Waals surface area contributed by atoms with Crippen molar-refractivity contribution in [1.29, 1.82) is 0 Å². The third kappa shape index (κ3) is 1.77. The molecule has 12 heavy (non-hydrogen) atoms. The quantitative estimate of drug-likeness (QED) is 0.605. The predicted molar refractivity (Wildman–Crippen MR) is 52.0 cm³/mol. The summed E-state index contributed by atoms with van der Waals surface area (Å²) in [6, 6.07) is 0. The molecule has 0 unspecified atom stereocenters. The van der Waals surface area contributed by atoms with Crippen molar-refractivity contribution in [2.45, 2.75) is 13.5 Å².